The van der Waals surface area contributed by atoms with Gasteiger partial charge in [0.1, 0.15) is 11.4 Å². The minimum Gasteiger partial charge on any atom is -0.444 e. The predicted molar refractivity (Wildman–Crippen MR) is 122 cm³/mol. The summed E-state index contributed by atoms with van der Waals surface area (Å²) in [6.45, 7) is 12.6. The maximum absolute atomic E-state index is 12.2. The van der Waals surface area contributed by atoms with Crippen molar-refractivity contribution in [2.24, 2.45) is 12.0 Å². The van der Waals surface area contributed by atoms with Gasteiger partial charge in [0.05, 0.1) is 12.1 Å². The topological polar surface area (TPSA) is 105 Å². The predicted octanol–water partition coefficient (Wildman–Crippen LogP) is 2.49. The van der Waals surface area contributed by atoms with E-state index < -0.39 is 17.2 Å². The van der Waals surface area contributed by atoms with E-state index in [2.05, 4.69) is 31.1 Å². The number of amides is 1. The molecule has 0 atom stereocenters. The number of halogens is 1. The number of guanidine groups is 1. The van der Waals surface area contributed by atoms with E-state index >= 15 is 0 Å². The number of ether oxygens (including phenoxy) is 1. The smallest absolute Gasteiger partial charge is 0.408 e. The quantitative estimate of drug-likeness (QED) is 0.297. The molecule has 162 valence electrons. The number of hydrogen-bond acceptors (Lipinski definition) is 5. The van der Waals surface area contributed by atoms with Gasteiger partial charge in [-0.1, -0.05) is 13.8 Å². The van der Waals surface area contributed by atoms with E-state index in [4.69, 9.17) is 4.74 Å². The standard InChI is InChI=1S/C18H35N7O2.HI/c1-9-18(10-2,22-16(26)27-17(4,5)6)12-21-15(19-7)20-11-14-24-23-13(3)25(14)8;/h9-12H2,1-8H3,(H,22,26)(H2,19,20,21);1H. The number of carbonyl (C=O) groups excluding carboxylic acids is 1. The summed E-state index contributed by atoms with van der Waals surface area (Å²) < 4.78 is 7.33. The number of hydrogen-bond donors (Lipinski definition) is 3. The molecular formula is C18H36IN7O2. The molecule has 1 heterocycles. The van der Waals surface area contributed by atoms with E-state index in [1.54, 1.807) is 7.05 Å². The number of nitrogens with one attached hydrogen (secondary N) is 3. The maximum Gasteiger partial charge on any atom is 0.408 e. The summed E-state index contributed by atoms with van der Waals surface area (Å²) in [5.41, 5.74) is -0.960. The van der Waals surface area contributed by atoms with Crippen LogP contribution in [0.3, 0.4) is 0 Å². The maximum atomic E-state index is 12.2. The molecule has 10 heteroatoms. The Morgan fingerprint density at radius 3 is 2.21 bits per heavy atom. The fraction of sp³-hybridized carbons (Fsp3) is 0.778. The molecule has 0 spiro atoms. The van der Waals surface area contributed by atoms with Crippen LogP contribution >= 0.6 is 24.0 Å². The van der Waals surface area contributed by atoms with Crippen LogP contribution in [0.5, 0.6) is 0 Å². The third-order valence-electron chi connectivity index (χ3n) is 4.53. The van der Waals surface area contributed by atoms with Gasteiger partial charge in [0.25, 0.3) is 0 Å². The fourth-order valence-electron chi connectivity index (χ4n) is 2.48. The van der Waals surface area contributed by atoms with Gasteiger partial charge in [-0.25, -0.2) is 4.79 Å². The van der Waals surface area contributed by atoms with Gasteiger partial charge in [-0.05, 0) is 40.5 Å². The highest BCUT2D eigenvalue weighted by atomic mass is 127. The van der Waals surface area contributed by atoms with Crippen molar-refractivity contribution in [3.05, 3.63) is 11.6 Å². The van der Waals surface area contributed by atoms with Gasteiger partial charge in [0, 0.05) is 20.6 Å². The first-order valence-corrected chi connectivity index (χ1v) is 9.36. The minimum atomic E-state index is -0.531. The van der Waals surface area contributed by atoms with Gasteiger partial charge in [-0.3, -0.25) is 4.99 Å². The number of alkyl carbamates (subject to hydrolysis) is 1. The van der Waals surface area contributed by atoms with Gasteiger partial charge >= 0.3 is 6.09 Å². The van der Waals surface area contributed by atoms with Crippen LogP contribution in [0, 0.1) is 6.92 Å². The van der Waals surface area contributed by atoms with E-state index in [0.717, 1.165) is 24.5 Å². The fourth-order valence-corrected chi connectivity index (χ4v) is 2.48. The molecule has 0 aliphatic carbocycles. The lowest BCUT2D eigenvalue weighted by molar-refractivity contribution is 0.0448. The van der Waals surface area contributed by atoms with Crippen molar-refractivity contribution in [3.8, 4) is 0 Å². The molecule has 28 heavy (non-hydrogen) atoms. The average Bonchev–Trinajstić information content (AvgIpc) is 2.91. The summed E-state index contributed by atoms with van der Waals surface area (Å²) in [4.78, 5) is 16.5. The molecule has 1 aromatic heterocycles. The van der Waals surface area contributed by atoms with Crippen LogP contribution in [-0.4, -0.2) is 51.5 Å². The molecule has 1 rings (SSSR count). The summed E-state index contributed by atoms with van der Waals surface area (Å²) in [7, 11) is 3.63. The average molecular weight is 509 g/mol. The molecule has 1 aromatic rings. The van der Waals surface area contributed by atoms with Gasteiger partial charge in [-0.2, -0.15) is 0 Å². The van der Waals surface area contributed by atoms with Crippen molar-refractivity contribution in [2.75, 3.05) is 13.6 Å². The van der Waals surface area contributed by atoms with Crippen molar-refractivity contribution < 1.29 is 9.53 Å². The second kappa shape index (κ2) is 11.4. The zero-order chi connectivity index (χ0) is 20.7. The van der Waals surface area contributed by atoms with E-state index in [1.807, 2.05) is 53.2 Å². The summed E-state index contributed by atoms with van der Waals surface area (Å²) in [5, 5.41) is 17.7. The third-order valence-corrected chi connectivity index (χ3v) is 4.53. The zero-order valence-electron chi connectivity index (χ0n) is 18.3. The van der Waals surface area contributed by atoms with E-state index in [0.29, 0.717) is 19.0 Å². The van der Waals surface area contributed by atoms with Crippen molar-refractivity contribution >= 4 is 36.0 Å². The van der Waals surface area contributed by atoms with E-state index in [9.17, 15) is 4.79 Å². The summed E-state index contributed by atoms with van der Waals surface area (Å²) in [5.74, 6) is 2.31. The van der Waals surface area contributed by atoms with Crippen LogP contribution in [-0.2, 0) is 18.3 Å². The molecule has 0 unspecified atom stereocenters. The first-order valence-electron chi connectivity index (χ1n) is 9.36. The number of aromatic nitrogens is 3. The largest absolute Gasteiger partial charge is 0.444 e. The number of carbonyl (C=O) groups is 1. The number of aryl methyl sites for hydroxylation is 1. The number of nitrogens with zero attached hydrogens (tertiary/aromatic N) is 4. The molecule has 9 nitrogen and oxygen atoms in total. The molecule has 0 radical (unpaired) electrons. The first kappa shape index (κ1) is 26.4. The van der Waals surface area contributed by atoms with Crippen molar-refractivity contribution in [1.82, 2.24) is 30.7 Å². The highest BCUT2D eigenvalue weighted by Gasteiger charge is 2.30. The van der Waals surface area contributed by atoms with Crippen LogP contribution < -0.4 is 16.0 Å². The molecule has 0 aliphatic heterocycles. The normalized spacial score (nSPS) is 12.2. The summed E-state index contributed by atoms with van der Waals surface area (Å²) in [6.07, 6.45) is 1.11. The highest BCUT2D eigenvalue weighted by molar-refractivity contribution is 14.0. The Morgan fingerprint density at radius 1 is 1.18 bits per heavy atom. The molecule has 0 saturated heterocycles. The summed E-state index contributed by atoms with van der Waals surface area (Å²) in [6, 6.07) is 0. The van der Waals surface area contributed by atoms with Gasteiger partial charge < -0.3 is 25.3 Å². The van der Waals surface area contributed by atoms with Crippen LogP contribution in [0.2, 0.25) is 0 Å². The Morgan fingerprint density at radius 2 is 1.79 bits per heavy atom. The molecule has 3 N–H and O–H groups in total. The van der Waals surface area contributed by atoms with Crippen LogP contribution in [0.15, 0.2) is 4.99 Å². The van der Waals surface area contributed by atoms with Crippen molar-refractivity contribution in [3.63, 3.8) is 0 Å². The molecule has 0 saturated carbocycles. The zero-order valence-corrected chi connectivity index (χ0v) is 20.7. The Hall–Kier alpha value is -1.59. The molecule has 0 aliphatic rings. The summed E-state index contributed by atoms with van der Waals surface area (Å²) >= 11 is 0. The lowest BCUT2D eigenvalue weighted by Crippen LogP contribution is -2.57. The second-order valence-corrected chi connectivity index (χ2v) is 7.62. The molecule has 0 fully saturated rings. The Bertz CT molecular complexity index is 649. The second-order valence-electron chi connectivity index (χ2n) is 7.62. The molecule has 1 amide bonds. The van der Waals surface area contributed by atoms with Crippen LogP contribution in [0.1, 0.15) is 59.1 Å². The molecule has 0 bridgehead atoms. The van der Waals surface area contributed by atoms with Crippen molar-refractivity contribution in [2.45, 2.75) is 72.1 Å². The first-order chi connectivity index (χ1) is 12.6. The van der Waals surface area contributed by atoms with Crippen molar-refractivity contribution in [1.29, 1.82) is 0 Å². The lowest BCUT2D eigenvalue weighted by atomic mass is 9.93. The van der Waals surface area contributed by atoms with Crippen LogP contribution in [0.25, 0.3) is 0 Å². The van der Waals surface area contributed by atoms with Gasteiger partial charge in [0.15, 0.2) is 11.8 Å². The Labute approximate surface area is 185 Å². The highest BCUT2D eigenvalue weighted by Crippen LogP contribution is 2.16. The Kier molecular flexibility index (Phi) is 10.8. The van der Waals surface area contributed by atoms with E-state index in [1.165, 1.54) is 0 Å². The molecule has 0 aromatic carbocycles. The van der Waals surface area contributed by atoms with Gasteiger partial charge in [-0.15, -0.1) is 34.2 Å². The Balaban J connectivity index is 0.00000729. The van der Waals surface area contributed by atoms with Crippen LogP contribution in [0.4, 0.5) is 4.79 Å². The minimum absolute atomic E-state index is 0. The lowest BCUT2D eigenvalue weighted by Gasteiger charge is -2.34. The molecular weight excluding hydrogens is 473 g/mol. The monoisotopic (exact) mass is 509 g/mol. The van der Waals surface area contributed by atoms with Gasteiger partial charge in [0.2, 0.25) is 0 Å². The number of aliphatic imine (C=N–C) groups is 1. The SMILES string of the molecule is CCC(CC)(CNC(=NC)NCc1nnc(C)n1C)NC(=O)OC(C)(C)C.I. The number of rotatable bonds is 7. The van der Waals surface area contributed by atoms with E-state index in [-0.39, 0.29) is 24.0 Å². The third kappa shape index (κ3) is 8.19.